The van der Waals surface area contributed by atoms with Crippen molar-refractivity contribution in [2.24, 2.45) is 0 Å². The number of ether oxygens (including phenoxy) is 1. The molecule has 1 aliphatic rings. The summed E-state index contributed by atoms with van der Waals surface area (Å²) < 4.78 is 84.4. The molecular formula is C20H14Cl2F6N2O3. The minimum Gasteiger partial charge on any atom is -0.496 e. The lowest BCUT2D eigenvalue weighted by atomic mass is 9.91. The van der Waals surface area contributed by atoms with Gasteiger partial charge in [0.25, 0.3) is 5.91 Å². The summed E-state index contributed by atoms with van der Waals surface area (Å²) in [7, 11) is 1.15. The van der Waals surface area contributed by atoms with Crippen LogP contribution in [-0.4, -0.2) is 31.9 Å². The van der Waals surface area contributed by atoms with Crippen LogP contribution >= 0.6 is 23.2 Å². The molecule has 3 rings (SSSR count). The fourth-order valence-electron chi connectivity index (χ4n) is 3.08. The van der Waals surface area contributed by atoms with Gasteiger partial charge in [-0.3, -0.25) is 15.1 Å². The van der Waals surface area contributed by atoms with E-state index in [2.05, 4.69) is 5.48 Å². The summed E-state index contributed by atoms with van der Waals surface area (Å²) in [6, 6.07) is 6.89. The molecule has 1 atom stereocenters. The van der Waals surface area contributed by atoms with Crippen LogP contribution in [0.5, 0.6) is 5.75 Å². The van der Waals surface area contributed by atoms with Crippen molar-refractivity contribution in [3.05, 3.63) is 69.2 Å². The number of nitrogens with one attached hydrogen (secondary N) is 2. The molecule has 1 heterocycles. The second-order valence-corrected chi connectivity index (χ2v) is 7.74. The summed E-state index contributed by atoms with van der Waals surface area (Å²) in [6.07, 6.45) is -8.80. The van der Waals surface area contributed by atoms with Crippen molar-refractivity contribution in [3.8, 4) is 5.75 Å². The molecule has 0 aromatic heterocycles. The highest BCUT2D eigenvalue weighted by Crippen LogP contribution is 2.48. The fraction of sp³-hybridized carbons (Fsp3) is 0.250. The molecule has 13 heteroatoms. The Labute approximate surface area is 193 Å². The normalized spacial score (nSPS) is 18.5. The van der Waals surface area contributed by atoms with E-state index < -0.39 is 30.4 Å². The topological polar surface area (TPSA) is 59.6 Å². The van der Waals surface area contributed by atoms with E-state index >= 15 is 0 Å². The highest BCUT2D eigenvalue weighted by Gasteiger charge is 2.59. The van der Waals surface area contributed by atoms with E-state index in [1.165, 1.54) is 18.2 Å². The molecule has 33 heavy (non-hydrogen) atoms. The van der Waals surface area contributed by atoms with E-state index in [1.54, 1.807) is 5.32 Å². The average molecular weight is 515 g/mol. The standard InChI is InChI=1S/C20H14Cl2F6N2O3/c1-32-16-4-10(2-3-14(16)17(31)29-9-19(23,24)25)15-8-18(33-30-15,20(26,27)28)11-5-12(21)7-13(22)6-11/h2-8,30H,9H2,1H3,(H,29,31). The van der Waals surface area contributed by atoms with Crippen LogP contribution in [0.1, 0.15) is 21.5 Å². The van der Waals surface area contributed by atoms with Crippen LogP contribution in [0.15, 0.2) is 42.5 Å². The minimum absolute atomic E-state index is 0.0394. The predicted molar refractivity (Wildman–Crippen MR) is 108 cm³/mol. The van der Waals surface area contributed by atoms with E-state index in [-0.39, 0.29) is 38.2 Å². The second kappa shape index (κ2) is 8.96. The summed E-state index contributed by atoms with van der Waals surface area (Å²) in [5, 5.41) is 1.62. The van der Waals surface area contributed by atoms with E-state index in [0.717, 1.165) is 31.4 Å². The van der Waals surface area contributed by atoms with Crippen molar-refractivity contribution >= 4 is 34.8 Å². The lowest BCUT2D eigenvalue weighted by Crippen LogP contribution is -2.42. The Morgan fingerprint density at radius 2 is 1.73 bits per heavy atom. The number of alkyl halides is 6. The number of benzene rings is 2. The van der Waals surface area contributed by atoms with Crippen LogP contribution in [0.2, 0.25) is 10.0 Å². The van der Waals surface area contributed by atoms with E-state index in [4.69, 9.17) is 32.8 Å². The first kappa shape index (κ1) is 25.0. The van der Waals surface area contributed by atoms with Crippen molar-refractivity contribution in [3.63, 3.8) is 0 Å². The molecule has 0 fully saturated rings. The molecule has 0 aliphatic carbocycles. The van der Waals surface area contributed by atoms with Gasteiger partial charge in [-0.15, -0.1) is 0 Å². The molecule has 5 nitrogen and oxygen atoms in total. The summed E-state index contributed by atoms with van der Waals surface area (Å²) in [4.78, 5) is 17.0. The molecule has 2 N–H and O–H groups in total. The third-order valence-electron chi connectivity index (χ3n) is 4.59. The maximum atomic E-state index is 14.1. The van der Waals surface area contributed by atoms with Gasteiger partial charge in [0.15, 0.2) is 0 Å². The van der Waals surface area contributed by atoms with Crippen LogP contribution in [0.3, 0.4) is 0 Å². The van der Waals surface area contributed by atoms with Crippen LogP contribution in [-0.2, 0) is 10.4 Å². The number of rotatable bonds is 5. The Morgan fingerprint density at radius 3 is 2.27 bits per heavy atom. The van der Waals surface area contributed by atoms with Crippen LogP contribution < -0.4 is 15.5 Å². The molecule has 0 bridgehead atoms. The predicted octanol–water partition coefficient (Wildman–Crippen LogP) is 5.63. The highest BCUT2D eigenvalue weighted by molar-refractivity contribution is 6.34. The largest absolute Gasteiger partial charge is 0.496 e. The fourth-order valence-corrected chi connectivity index (χ4v) is 3.60. The lowest BCUT2D eigenvalue weighted by molar-refractivity contribution is -0.269. The van der Waals surface area contributed by atoms with Crippen molar-refractivity contribution in [2.45, 2.75) is 18.0 Å². The maximum Gasteiger partial charge on any atom is 0.428 e. The maximum absolute atomic E-state index is 14.1. The second-order valence-electron chi connectivity index (χ2n) is 6.87. The molecule has 0 radical (unpaired) electrons. The van der Waals surface area contributed by atoms with Gasteiger partial charge in [0.05, 0.1) is 18.4 Å². The summed E-state index contributed by atoms with van der Waals surface area (Å²) >= 11 is 11.7. The number of amides is 1. The quantitative estimate of drug-likeness (QED) is 0.508. The zero-order valence-electron chi connectivity index (χ0n) is 16.5. The monoisotopic (exact) mass is 514 g/mol. The van der Waals surface area contributed by atoms with Crippen molar-refractivity contribution in [1.29, 1.82) is 0 Å². The third-order valence-corrected chi connectivity index (χ3v) is 5.03. The number of hydrogen-bond donors (Lipinski definition) is 2. The molecule has 1 unspecified atom stereocenters. The summed E-state index contributed by atoms with van der Waals surface area (Å²) in [5.41, 5.74) is -1.39. The van der Waals surface area contributed by atoms with Gasteiger partial charge >= 0.3 is 12.4 Å². The molecule has 0 saturated heterocycles. The van der Waals surface area contributed by atoms with E-state index in [1.807, 2.05) is 0 Å². The first-order valence-corrected chi connectivity index (χ1v) is 9.75. The Hall–Kier alpha value is -2.63. The van der Waals surface area contributed by atoms with Gasteiger partial charge in [-0.25, -0.2) is 0 Å². The molecular weight excluding hydrogens is 501 g/mol. The smallest absolute Gasteiger partial charge is 0.428 e. The van der Waals surface area contributed by atoms with Gasteiger partial charge in [-0.2, -0.15) is 26.3 Å². The first-order chi connectivity index (χ1) is 15.3. The SMILES string of the molecule is COc1cc(C2=CC(c3cc(Cl)cc(Cl)c3)(C(F)(F)F)ON2)ccc1C(=O)NCC(F)(F)F. The van der Waals surface area contributed by atoms with Crippen LogP contribution in [0, 0.1) is 0 Å². The Kier molecular flexibility index (Phi) is 6.79. The molecule has 178 valence electrons. The summed E-state index contributed by atoms with van der Waals surface area (Å²) in [5.74, 6) is -1.23. The van der Waals surface area contributed by atoms with Gasteiger partial charge in [0, 0.05) is 21.2 Å². The van der Waals surface area contributed by atoms with Crippen molar-refractivity contribution in [1.82, 2.24) is 10.8 Å². The zero-order valence-corrected chi connectivity index (χ0v) is 18.0. The molecule has 0 saturated carbocycles. The average Bonchev–Trinajstić information content (AvgIpc) is 3.17. The number of hydrogen-bond acceptors (Lipinski definition) is 4. The van der Waals surface area contributed by atoms with E-state index in [9.17, 15) is 31.1 Å². The minimum atomic E-state index is -4.93. The van der Waals surface area contributed by atoms with Crippen molar-refractivity contribution in [2.75, 3.05) is 13.7 Å². The van der Waals surface area contributed by atoms with Gasteiger partial charge in [0.1, 0.15) is 12.3 Å². The van der Waals surface area contributed by atoms with Crippen LogP contribution in [0.4, 0.5) is 26.3 Å². The Morgan fingerprint density at radius 1 is 1.09 bits per heavy atom. The van der Waals surface area contributed by atoms with Gasteiger partial charge in [-0.1, -0.05) is 29.3 Å². The molecule has 1 amide bonds. The Bertz CT molecular complexity index is 1080. The molecule has 1 aliphatic heterocycles. The van der Waals surface area contributed by atoms with Gasteiger partial charge < -0.3 is 10.1 Å². The first-order valence-electron chi connectivity index (χ1n) is 8.99. The third kappa shape index (κ3) is 5.31. The molecule has 2 aromatic carbocycles. The summed E-state index contributed by atoms with van der Waals surface area (Å²) in [6.45, 7) is -1.56. The van der Waals surface area contributed by atoms with Crippen LogP contribution in [0.25, 0.3) is 5.70 Å². The number of carbonyl (C=O) groups is 1. The number of methoxy groups -OCH3 is 1. The van der Waals surface area contributed by atoms with Crippen molar-refractivity contribution < 1.29 is 40.7 Å². The zero-order chi connectivity index (χ0) is 24.6. The molecule has 0 spiro atoms. The van der Waals surface area contributed by atoms with Gasteiger partial charge in [0.2, 0.25) is 5.60 Å². The number of halogens is 8. The number of hydroxylamine groups is 1. The highest BCUT2D eigenvalue weighted by atomic mass is 35.5. The molecule has 2 aromatic rings. The number of carbonyl (C=O) groups excluding carboxylic acids is 1. The van der Waals surface area contributed by atoms with E-state index in [0.29, 0.717) is 0 Å². The lowest BCUT2D eigenvalue weighted by Gasteiger charge is -2.28. The Balaban J connectivity index is 2.00. The van der Waals surface area contributed by atoms with Gasteiger partial charge in [-0.05, 0) is 36.4 Å².